The van der Waals surface area contributed by atoms with E-state index in [1.54, 1.807) is 37.3 Å². The highest BCUT2D eigenvalue weighted by Crippen LogP contribution is 2.14. The Morgan fingerprint density at radius 2 is 1.96 bits per heavy atom. The number of benzene rings is 1. The average molecular weight is 329 g/mol. The lowest BCUT2D eigenvalue weighted by Gasteiger charge is -2.07. The maximum atomic E-state index is 12.0. The first-order valence-electron chi connectivity index (χ1n) is 7.43. The van der Waals surface area contributed by atoms with Crippen LogP contribution in [0.4, 0.5) is 0 Å². The Labute approximate surface area is 139 Å². The zero-order valence-corrected chi connectivity index (χ0v) is 13.5. The fourth-order valence-corrected chi connectivity index (χ4v) is 2.04. The van der Waals surface area contributed by atoms with Crippen molar-refractivity contribution in [1.82, 2.24) is 5.43 Å². The Hall–Kier alpha value is -3.09. The molecule has 0 aliphatic rings. The molecular formula is C17H19N3O4. The number of hydrazone groups is 1. The molecule has 0 bridgehead atoms. The minimum Gasteiger partial charge on any atom is -0.484 e. The number of aryl methyl sites for hydroxylation is 1. The van der Waals surface area contributed by atoms with Crippen LogP contribution in [-0.4, -0.2) is 24.1 Å². The van der Waals surface area contributed by atoms with Crippen LogP contribution in [0, 0.1) is 6.92 Å². The highest BCUT2D eigenvalue weighted by Gasteiger charge is 2.11. The van der Waals surface area contributed by atoms with Gasteiger partial charge in [-0.2, -0.15) is 5.10 Å². The molecule has 0 aliphatic carbocycles. The van der Waals surface area contributed by atoms with E-state index in [4.69, 9.17) is 14.9 Å². The predicted molar refractivity (Wildman–Crippen MR) is 88.9 cm³/mol. The molecule has 24 heavy (non-hydrogen) atoms. The van der Waals surface area contributed by atoms with Crippen molar-refractivity contribution in [3.05, 3.63) is 53.5 Å². The summed E-state index contributed by atoms with van der Waals surface area (Å²) in [6.07, 6.45) is 2.09. The summed E-state index contributed by atoms with van der Waals surface area (Å²) in [6, 6.07) is 8.62. The lowest BCUT2D eigenvalue weighted by Crippen LogP contribution is -2.20. The van der Waals surface area contributed by atoms with Crippen molar-refractivity contribution in [2.45, 2.75) is 20.3 Å². The summed E-state index contributed by atoms with van der Waals surface area (Å²) in [5.41, 5.74) is 9.56. The van der Waals surface area contributed by atoms with Crippen LogP contribution in [-0.2, 0) is 4.79 Å². The number of nitrogens with zero attached hydrogens (tertiary/aromatic N) is 1. The van der Waals surface area contributed by atoms with Crippen LogP contribution in [0.2, 0.25) is 0 Å². The van der Waals surface area contributed by atoms with Gasteiger partial charge < -0.3 is 14.9 Å². The van der Waals surface area contributed by atoms with Crippen LogP contribution in [0.15, 0.2) is 46.1 Å². The molecule has 0 radical (unpaired) electrons. The highest BCUT2D eigenvalue weighted by atomic mass is 16.5. The summed E-state index contributed by atoms with van der Waals surface area (Å²) in [6.45, 7) is 3.48. The van der Waals surface area contributed by atoms with E-state index in [0.717, 1.165) is 5.56 Å². The van der Waals surface area contributed by atoms with Gasteiger partial charge in [0.25, 0.3) is 11.8 Å². The van der Waals surface area contributed by atoms with Gasteiger partial charge in [0.15, 0.2) is 6.61 Å². The van der Waals surface area contributed by atoms with Crippen LogP contribution in [0.5, 0.6) is 5.75 Å². The van der Waals surface area contributed by atoms with E-state index in [2.05, 4.69) is 10.5 Å². The topological polar surface area (TPSA) is 107 Å². The lowest BCUT2D eigenvalue weighted by molar-refractivity contribution is -0.119. The number of nitrogens with two attached hydrogens (primary N) is 1. The SMILES string of the molecule is CC/C(=N\NC(=O)c1ccoc1C)c1ccc(OCC(N)=O)cc1. The van der Waals surface area contributed by atoms with Crippen LogP contribution >= 0.6 is 0 Å². The zero-order valence-electron chi connectivity index (χ0n) is 13.5. The number of rotatable bonds is 7. The van der Waals surface area contributed by atoms with E-state index >= 15 is 0 Å². The van der Waals surface area contributed by atoms with E-state index in [0.29, 0.717) is 29.2 Å². The van der Waals surface area contributed by atoms with Gasteiger partial charge in [0.1, 0.15) is 11.5 Å². The number of hydrogen-bond acceptors (Lipinski definition) is 5. The van der Waals surface area contributed by atoms with Gasteiger partial charge in [-0.25, -0.2) is 5.43 Å². The van der Waals surface area contributed by atoms with Gasteiger partial charge in [-0.1, -0.05) is 6.92 Å². The average Bonchev–Trinajstić information content (AvgIpc) is 3.00. The summed E-state index contributed by atoms with van der Waals surface area (Å²) >= 11 is 0. The fourth-order valence-electron chi connectivity index (χ4n) is 2.04. The number of furan rings is 1. The molecule has 1 aromatic heterocycles. The normalized spacial score (nSPS) is 11.2. The van der Waals surface area contributed by atoms with Crippen molar-refractivity contribution in [2.75, 3.05) is 6.61 Å². The van der Waals surface area contributed by atoms with Crippen LogP contribution in [0.3, 0.4) is 0 Å². The Bertz CT molecular complexity index is 747. The van der Waals surface area contributed by atoms with Gasteiger partial charge in [-0.3, -0.25) is 9.59 Å². The molecule has 0 saturated carbocycles. The van der Waals surface area contributed by atoms with Crippen molar-refractivity contribution in [3.8, 4) is 5.75 Å². The largest absolute Gasteiger partial charge is 0.484 e. The molecule has 0 unspecified atom stereocenters. The molecule has 1 aromatic carbocycles. The molecule has 2 rings (SSSR count). The minimum atomic E-state index is -0.535. The predicted octanol–water partition coefficient (Wildman–Crippen LogP) is 2.00. The maximum absolute atomic E-state index is 12.0. The van der Waals surface area contributed by atoms with Crippen molar-refractivity contribution < 1.29 is 18.7 Å². The van der Waals surface area contributed by atoms with Crippen LogP contribution < -0.4 is 15.9 Å². The number of carbonyl (C=O) groups is 2. The Balaban J connectivity index is 2.06. The molecule has 1 heterocycles. The Morgan fingerprint density at radius 3 is 2.50 bits per heavy atom. The molecule has 0 aliphatic heterocycles. The molecule has 3 N–H and O–H groups in total. The van der Waals surface area contributed by atoms with E-state index in [9.17, 15) is 9.59 Å². The molecule has 0 fully saturated rings. The van der Waals surface area contributed by atoms with Crippen LogP contribution in [0.25, 0.3) is 0 Å². The maximum Gasteiger partial charge on any atom is 0.274 e. The van der Waals surface area contributed by atoms with Crippen molar-refractivity contribution >= 4 is 17.5 Å². The number of carbonyl (C=O) groups excluding carboxylic acids is 2. The van der Waals surface area contributed by atoms with Crippen molar-refractivity contribution in [3.63, 3.8) is 0 Å². The third kappa shape index (κ3) is 4.45. The van der Waals surface area contributed by atoms with Gasteiger partial charge in [-0.15, -0.1) is 0 Å². The summed E-state index contributed by atoms with van der Waals surface area (Å²) in [5, 5.41) is 4.17. The summed E-state index contributed by atoms with van der Waals surface area (Å²) in [7, 11) is 0. The molecule has 0 atom stereocenters. The van der Waals surface area contributed by atoms with E-state index in [1.165, 1.54) is 6.26 Å². The van der Waals surface area contributed by atoms with Gasteiger partial charge in [0.05, 0.1) is 17.5 Å². The second-order valence-electron chi connectivity index (χ2n) is 5.02. The van der Waals surface area contributed by atoms with E-state index in [-0.39, 0.29) is 12.5 Å². The highest BCUT2D eigenvalue weighted by molar-refractivity contribution is 6.02. The Kier molecular flexibility index (Phi) is 5.73. The zero-order chi connectivity index (χ0) is 17.5. The minimum absolute atomic E-state index is 0.172. The second-order valence-corrected chi connectivity index (χ2v) is 5.02. The standard InChI is InChI=1S/C17H19N3O4/c1-3-15(19-20-17(22)14-8-9-23-11(14)2)12-4-6-13(7-5-12)24-10-16(18)21/h4-9H,3,10H2,1-2H3,(H2,18,21)(H,20,22)/b19-15+. The van der Waals surface area contributed by atoms with Gasteiger partial charge >= 0.3 is 0 Å². The molecule has 2 amide bonds. The van der Waals surface area contributed by atoms with Gasteiger partial charge in [0, 0.05) is 0 Å². The lowest BCUT2D eigenvalue weighted by atomic mass is 10.1. The van der Waals surface area contributed by atoms with Crippen molar-refractivity contribution in [2.24, 2.45) is 10.8 Å². The van der Waals surface area contributed by atoms with E-state index < -0.39 is 5.91 Å². The van der Waals surface area contributed by atoms with Gasteiger partial charge in [0.2, 0.25) is 0 Å². The molecule has 0 saturated heterocycles. The third-order valence-electron chi connectivity index (χ3n) is 3.30. The molecular weight excluding hydrogens is 310 g/mol. The summed E-state index contributed by atoms with van der Waals surface area (Å²) in [5.74, 6) is 0.212. The fraction of sp³-hybridized carbons (Fsp3) is 0.235. The summed E-state index contributed by atoms with van der Waals surface area (Å²) in [4.78, 5) is 22.7. The first kappa shape index (κ1) is 17.3. The third-order valence-corrected chi connectivity index (χ3v) is 3.30. The number of nitrogens with one attached hydrogen (secondary N) is 1. The first-order chi connectivity index (χ1) is 11.5. The molecule has 126 valence electrons. The number of amides is 2. The first-order valence-corrected chi connectivity index (χ1v) is 7.43. The van der Waals surface area contributed by atoms with Crippen molar-refractivity contribution in [1.29, 1.82) is 0 Å². The number of primary amides is 1. The number of ether oxygens (including phenoxy) is 1. The van der Waals surface area contributed by atoms with Gasteiger partial charge in [-0.05, 0) is 49.2 Å². The quantitative estimate of drug-likeness (QED) is 0.598. The van der Waals surface area contributed by atoms with E-state index in [1.807, 2.05) is 6.92 Å². The second kappa shape index (κ2) is 7.96. The molecule has 7 heteroatoms. The van der Waals surface area contributed by atoms with Crippen LogP contribution in [0.1, 0.15) is 35.0 Å². The Morgan fingerprint density at radius 1 is 1.25 bits per heavy atom. The monoisotopic (exact) mass is 329 g/mol. The smallest absolute Gasteiger partial charge is 0.274 e. The molecule has 0 spiro atoms. The number of hydrogen-bond donors (Lipinski definition) is 2. The summed E-state index contributed by atoms with van der Waals surface area (Å²) < 4.78 is 10.3. The molecule has 7 nitrogen and oxygen atoms in total. The molecule has 2 aromatic rings.